The number of amides is 6. The van der Waals surface area contributed by atoms with E-state index < -0.39 is 167 Å². The zero-order chi connectivity index (χ0) is 105. The number of aromatic nitrogens is 3. The Kier molecular flexibility index (Phi) is 41.6. The lowest BCUT2D eigenvalue weighted by Crippen LogP contribution is -2.55. The van der Waals surface area contributed by atoms with E-state index >= 15 is 0 Å². The summed E-state index contributed by atoms with van der Waals surface area (Å²) >= 11 is 15.2. The van der Waals surface area contributed by atoms with Gasteiger partial charge >= 0.3 is 0 Å². The average Bonchev–Trinajstić information content (AvgIpc) is 1.67. The topological polar surface area (TPSA) is 480 Å². The Morgan fingerprint density at radius 2 is 0.748 bits per heavy atom. The molecule has 0 spiro atoms. The second kappa shape index (κ2) is 53.6. The first-order valence-corrected chi connectivity index (χ1v) is 57.4. The van der Waals surface area contributed by atoms with Crippen LogP contribution in [0, 0.1) is 35.3 Å². The van der Waals surface area contributed by atoms with Crippen LogP contribution < -0.4 is 46.1 Å². The quantitative estimate of drug-likeness (QED) is 0.0160. The third kappa shape index (κ3) is 33.5. The van der Waals surface area contributed by atoms with Crippen LogP contribution in [0.2, 0.25) is 10.0 Å². The first-order valence-electron chi connectivity index (χ1n) is 50.2. The van der Waals surface area contributed by atoms with Crippen LogP contribution in [0.4, 0.5) is 8.78 Å². The van der Waals surface area contributed by atoms with E-state index in [-0.39, 0.29) is 112 Å². The van der Waals surface area contributed by atoms with Gasteiger partial charge in [0, 0.05) is 64.5 Å². The number of carbonyl (C=O) groups is 9. The summed E-state index contributed by atoms with van der Waals surface area (Å²) in [5.74, 6) is -5.16. The maximum Gasteiger partial charge on any atom is 0.266 e. The molecule has 147 heavy (non-hydrogen) atoms. The molecule has 6 saturated heterocycles. The molecule has 36 nitrogen and oxygen atoms in total. The zero-order valence-electron chi connectivity index (χ0n) is 83.4. The van der Waals surface area contributed by atoms with Gasteiger partial charge in [0.15, 0.2) is 16.7 Å². The third-order valence-corrected chi connectivity index (χ3v) is 30.2. The molecule has 6 aromatic carbocycles. The highest BCUT2D eigenvalue weighted by Gasteiger charge is 2.49. The van der Waals surface area contributed by atoms with Gasteiger partial charge in [-0.2, -0.15) is 0 Å². The lowest BCUT2D eigenvalue weighted by atomic mass is 9.91. The molecule has 0 unspecified atom stereocenters. The first-order chi connectivity index (χ1) is 70.2. The Morgan fingerprint density at radius 3 is 1.07 bits per heavy atom. The third-order valence-electron chi connectivity index (χ3n) is 27.1. The minimum Gasteiger partial charge on any atom is -0.434 e. The van der Waals surface area contributed by atoms with E-state index in [2.05, 4.69) is 76.9 Å². The summed E-state index contributed by atoms with van der Waals surface area (Å²) in [6.07, 6.45) is 11.7. The molecule has 798 valence electrons. The molecule has 6 aliphatic rings. The molecule has 9 aromatic rings. The lowest BCUT2D eigenvalue weighted by Gasteiger charge is -2.30. The van der Waals surface area contributed by atoms with Crippen molar-refractivity contribution in [3.8, 4) is 0 Å². The van der Waals surface area contributed by atoms with Crippen molar-refractivity contribution >= 4 is 155 Å². The number of sulfonamides is 3. The van der Waals surface area contributed by atoms with E-state index in [9.17, 15) is 77.2 Å². The van der Waals surface area contributed by atoms with Crippen molar-refractivity contribution in [2.45, 2.75) is 249 Å². The predicted octanol–water partition coefficient (Wildman–Crippen LogP) is 12.1. The van der Waals surface area contributed by atoms with Crippen LogP contribution in [-0.4, -0.2) is 258 Å². The molecule has 15 rings (SSSR count). The van der Waals surface area contributed by atoms with Gasteiger partial charge in [0.1, 0.15) is 64.4 Å². The number of benzene rings is 6. The second-order valence-electron chi connectivity index (χ2n) is 39.2. The Hall–Kier alpha value is -10.0. The van der Waals surface area contributed by atoms with Crippen molar-refractivity contribution in [3.63, 3.8) is 0 Å². The number of hydrogen-bond acceptors (Lipinski definition) is 27. The van der Waals surface area contributed by atoms with Crippen molar-refractivity contribution in [2.24, 2.45) is 23.7 Å². The van der Waals surface area contributed by atoms with Crippen molar-refractivity contribution in [2.75, 3.05) is 77.7 Å². The highest BCUT2D eigenvalue weighted by Crippen LogP contribution is 2.34. The molecule has 9 heterocycles. The first kappa shape index (κ1) is 114. The number of hydrogen-bond donors (Lipinski definition) is 9. The van der Waals surface area contributed by atoms with Gasteiger partial charge in [-0.3, -0.25) is 43.2 Å². The number of nitrogens with zero attached hydrogens (tertiary/aromatic N) is 6. The minimum absolute atomic E-state index is 0.0259. The number of nitrogens with one attached hydrogen (secondary N) is 9. The number of para-hydroxylation sites is 6. The van der Waals surface area contributed by atoms with E-state index in [0.717, 1.165) is 102 Å². The van der Waals surface area contributed by atoms with Crippen molar-refractivity contribution in [1.82, 2.24) is 75.7 Å². The molecular formula is C103H132BrCl2F2N15O21S3. The Balaban J connectivity index is 0.000000184. The fraction of sp³-hybridized carbons (Fsp3) is 0.534. The second-order valence-corrected chi connectivity index (χ2v) is 46.3. The maximum absolute atomic E-state index is 14.6. The van der Waals surface area contributed by atoms with Crippen LogP contribution in [0.3, 0.4) is 0 Å². The van der Waals surface area contributed by atoms with Crippen LogP contribution in [0.15, 0.2) is 151 Å². The lowest BCUT2D eigenvalue weighted by molar-refractivity contribution is -0.140. The van der Waals surface area contributed by atoms with Gasteiger partial charge in [0.2, 0.25) is 82.9 Å². The average molecular weight is 2200 g/mol. The molecule has 6 aliphatic heterocycles. The number of carbonyl (C=O) groups excluding carboxylic acids is 9. The summed E-state index contributed by atoms with van der Waals surface area (Å²) in [5, 5.41) is 19.3. The minimum atomic E-state index is -3.79. The molecule has 6 fully saturated rings. The molecule has 0 aliphatic carbocycles. The summed E-state index contributed by atoms with van der Waals surface area (Å²) in [5.41, 5.74) is 4.31. The Bertz CT molecular complexity index is 6060. The van der Waals surface area contributed by atoms with Gasteiger partial charge in [-0.25, -0.2) is 63.2 Å². The van der Waals surface area contributed by atoms with E-state index in [1.54, 1.807) is 97.1 Å². The number of rotatable bonds is 45. The van der Waals surface area contributed by atoms with Crippen molar-refractivity contribution < 1.29 is 105 Å². The normalized spacial score (nSPS) is 20.0. The van der Waals surface area contributed by atoms with Crippen LogP contribution in [0.5, 0.6) is 0 Å². The fourth-order valence-corrected chi connectivity index (χ4v) is 22.3. The number of Topliss-reactive ketones (excluding diaryl/α,β-unsaturated/α-hetero) is 3. The molecule has 0 saturated carbocycles. The van der Waals surface area contributed by atoms with Crippen LogP contribution in [-0.2, 0) is 92.9 Å². The maximum atomic E-state index is 14.6. The number of likely N-dealkylation sites (tertiary alicyclic amines) is 3. The van der Waals surface area contributed by atoms with E-state index in [0.29, 0.717) is 117 Å². The standard InChI is InChI=1S/C35H46ClN5O7S.C34H43BrFN5O7S.C34H43ClFN5O7S/c1-22(2)18-29(32(42)34-39-27-6-4-5-7-31(27)48-34)38-33(43)30-19-26(47-21-24-8-11-25(36)12-9-24)20-41(30)35(44)28(40-49(3,45)46)13-10-23-14-16-37-17-15-23;2*1-3-6-27(31(42)33-39-26-7-4-5-8-30(26)48-33)38-32(43)29-18-24(47-20-22-10-11-23(35)17-25(22)36)19-41(29)34(44)28(40-49(2,45)46)12-9-21-13-15-37-16-14-21/h4-9,11-12,22-23,26,28-30,37,40H,10,13-21H2,1-3H3,(H,38,43);2*4-5,7-8,10-11,17,21,24,27-29,37,40H,3,6,9,12-16,18-20H2,1-2H3,(H,38,43)/t26-,28-,29+,30+;2*24-,27+,28-,29+/m111/s1. The summed E-state index contributed by atoms with van der Waals surface area (Å²) in [6, 6.07) is 27.6. The van der Waals surface area contributed by atoms with E-state index in [4.69, 9.17) is 50.7 Å². The highest BCUT2D eigenvalue weighted by atomic mass is 79.9. The Labute approximate surface area is 873 Å². The van der Waals surface area contributed by atoms with Gasteiger partial charge in [-0.1, -0.05) is 140 Å². The summed E-state index contributed by atoms with van der Waals surface area (Å²) in [4.78, 5) is 142. The van der Waals surface area contributed by atoms with Crippen molar-refractivity contribution in [3.05, 3.63) is 194 Å². The highest BCUT2D eigenvalue weighted by molar-refractivity contribution is 9.10. The largest absolute Gasteiger partial charge is 0.434 e. The van der Waals surface area contributed by atoms with Crippen LogP contribution in [0.25, 0.3) is 33.3 Å². The SMILES string of the molecule is CC(C)C[C@H](NC(=O)[C@@H]1C[C@@H](OCc2ccc(Cl)cc2)CN1C(=O)[C@@H](CCC1CCNCC1)NS(C)(=O)=O)C(=O)c1nc2ccccc2o1.CCC[C@H](NC(=O)[C@@H]1C[C@@H](OCc2ccc(Br)cc2F)CN1C(=O)[C@@H](CCC1CCNCC1)NS(C)(=O)=O)C(=O)c1nc2ccccc2o1.CCC[C@H](NC(=O)[C@@H]1C[C@@H](OCc2ccc(Cl)cc2F)CN1C(=O)[C@@H](CCC1CCNCC1)NS(C)(=O)=O)C(=O)c1nc2ccccc2o1. The van der Waals surface area contributed by atoms with Crippen molar-refractivity contribution in [1.29, 1.82) is 0 Å². The number of fused-ring (bicyclic) bond motifs is 3. The molecular weight excluding hydrogens is 2070 g/mol. The van der Waals surface area contributed by atoms with Gasteiger partial charge in [0.25, 0.3) is 17.7 Å². The van der Waals surface area contributed by atoms with Crippen LogP contribution in [0.1, 0.15) is 205 Å². The molecule has 12 atom stereocenters. The summed E-state index contributed by atoms with van der Waals surface area (Å²) in [7, 11) is -11.3. The number of oxazole rings is 3. The number of ketones is 3. The number of ether oxygens (including phenoxy) is 3. The van der Waals surface area contributed by atoms with E-state index in [1.807, 2.05) is 39.8 Å². The fourth-order valence-electron chi connectivity index (χ4n) is 19.5. The summed E-state index contributed by atoms with van der Waals surface area (Å²) in [6.45, 7) is 12.8. The van der Waals surface area contributed by atoms with E-state index in [1.165, 1.54) is 39.0 Å². The Morgan fingerprint density at radius 1 is 0.429 bits per heavy atom. The smallest absolute Gasteiger partial charge is 0.266 e. The van der Waals surface area contributed by atoms with Crippen LogP contribution >= 0.6 is 39.1 Å². The predicted molar refractivity (Wildman–Crippen MR) is 553 cm³/mol. The monoisotopic (exact) mass is 2200 g/mol. The molecule has 0 bridgehead atoms. The molecule has 6 amide bonds. The molecule has 9 N–H and O–H groups in total. The zero-order valence-corrected chi connectivity index (χ0v) is 89.0. The van der Waals surface area contributed by atoms with Gasteiger partial charge < -0.3 is 74.1 Å². The number of piperidine rings is 3. The number of halogens is 5. The molecule has 3 aromatic heterocycles. The summed E-state index contributed by atoms with van der Waals surface area (Å²) < 4.78 is 147. The molecule has 0 radical (unpaired) electrons. The molecule has 44 heteroatoms. The van der Waals surface area contributed by atoms with Gasteiger partial charge in [-0.05, 0) is 238 Å². The van der Waals surface area contributed by atoms with Gasteiger partial charge in [0.05, 0.1) is 75.0 Å². The van der Waals surface area contributed by atoms with Gasteiger partial charge in [-0.15, -0.1) is 0 Å².